The van der Waals surface area contributed by atoms with Crippen LogP contribution in [0.5, 0.6) is 0 Å². The number of rotatable bonds is 8. The summed E-state index contributed by atoms with van der Waals surface area (Å²) in [6.07, 6.45) is 11.9. The summed E-state index contributed by atoms with van der Waals surface area (Å²) in [4.78, 5) is 0. The van der Waals surface area contributed by atoms with Crippen LogP contribution in [0.25, 0.3) is 0 Å². The van der Waals surface area contributed by atoms with Crippen molar-refractivity contribution in [2.45, 2.75) is 57.8 Å². The zero-order valence-electron chi connectivity index (χ0n) is 12.1. The summed E-state index contributed by atoms with van der Waals surface area (Å²) in [5.41, 5.74) is 6.47. The van der Waals surface area contributed by atoms with Gasteiger partial charge in [-0.15, -0.1) is 0 Å². The van der Waals surface area contributed by atoms with Crippen molar-refractivity contribution < 1.29 is 9.47 Å². The van der Waals surface area contributed by atoms with Crippen molar-refractivity contribution in [1.29, 1.82) is 0 Å². The van der Waals surface area contributed by atoms with E-state index < -0.39 is 0 Å². The largest absolute Gasteiger partial charge is 0.382 e. The highest BCUT2D eigenvalue weighted by Gasteiger charge is 2.27. The third-order valence-electron chi connectivity index (χ3n) is 4.27. The van der Waals surface area contributed by atoms with Crippen LogP contribution in [-0.4, -0.2) is 33.5 Å². The molecule has 0 atom stereocenters. The van der Waals surface area contributed by atoms with Crippen LogP contribution in [0, 0.1) is 5.41 Å². The van der Waals surface area contributed by atoms with E-state index >= 15 is 0 Å². The number of ether oxygens (including phenoxy) is 2. The average Bonchev–Trinajstić information content (AvgIpc) is 2.36. The fraction of sp³-hybridized carbons (Fsp3) is 1.00. The monoisotopic (exact) mass is 257 g/mol. The highest BCUT2D eigenvalue weighted by molar-refractivity contribution is 4.81. The number of hydrogen-bond donors (Lipinski definition) is 1. The van der Waals surface area contributed by atoms with E-state index in [9.17, 15) is 0 Å². The smallest absolute Gasteiger partial charge is 0.0700 e. The van der Waals surface area contributed by atoms with Crippen LogP contribution >= 0.6 is 0 Å². The van der Waals surface area contributed by atoms with Crippen LogP contribution in [0.4, 0.5) is 0 Å². The highest BCUT2D eigenvalue weighted by Crippen LogP contribution is 2.37. The van der Waals surface area contributed by atoms with Gasteiger partial charge in [0.25, 0.3) is 0 Å². The Hall–Kier alpha value is -0.120. The van der Waals surface area contributed by atoms with Gasteiger partial charge in [0.05, 0.1) is 13.2 Å². The fourth-order valence-corrected chi connectivity index (χ4v) is 3.01. The molecule has 0 saturated heterocycles. The molecule has 2 N–H and O–H groups in total. The number of hydrogen-bond acceptors (Lipinski definition) is 3. The molecule has 0 unspecified atom stereocenters. The van der Waals surface area contributed by atoms with Gasteiger partial charge in [-0.3, -0.25) is 0 Å². The number of methoxy groups -OCH3 is 1. The molecule has 3 nitrogen and oxygen atoms in total. The minimum atomic E-state index is 0.408. The molecule has 0 radical (unpaired) electrons. The van der Waals surface area contributed by atoms with E-state index in [-0.39, 0.29) is 0 Å². The highest BCUT2D eigenvalue weighted by atomic mass is 16.5. The molecule has 0 aliphatic heterocycles. The molecule has 0 bridgehead atoms. The van der Waals surface area contributed by atoms with E-state index in [2.05, 4.69) is 0 Å². The van der Waals surface area contributed by atoms with Gasteiger partial charge in [-0.1, -0.05) is 32.1 Å². The van der Waals surface area contributed by atoms with E-state index in [0.717, 1.165) is 19.6 Å². The van der Waals surface area contributed by atoms with Gasteiger partial charge in [-0.05, 0) is 37.6 Å². The number of nitrogens with two attached hydrogens (primary N) is 1. The molecule has 1 fully saturated rings. The first-order valence-corrected chi connectivity index (χ1v) is 7.60. The summed E-state index contributed by atoms with van der Waals surface area (Å²) in [7, 11) is 1.71. The average molecular weight is 257 g/mol. The molecule has 1 saturated carbocycles. The minimum Gasteiger partial charge on any atom is -0.382 e. The van der Waals surface area contributed by atoms with Gasteiger partial charge in [0.2, 0.25) is 0 Å². The molecule has 3 heteroatoms. The Morgan fingerprint density at radius 2 is 1.61 bits per heavy atom. The maximum absolute atomic E-state index is 6.06. The van der Waals surface area contributed by atoms with Gasteiger partial charge < -0.3 is 15.2 Å². The standard InChI is InChI=1S/C15H31NO2/c1-17-12-13-18-11-7-10-15(14-16)8-5-3-2-4-6-9-15/h2-14,16H2,1H3. The van der Waals surface area contributed by atoms with Gasteiger partial charge in [0.15, 0.2) is 0 Å². The Kier molecular flexibility index (Phi) is 8.64. The SMILES string of the molecule is COCCOCCCC1(CN)CCCCCCC1. The molecule has 0 aromatic heterocycles. The van der Waals surface area contributed by atoms with Crippen molar-refractivity contribution in [2.24, 2.45) is 11.1 Å². The third kappa shape index (κ3) is 6.17. The summed E-state index contributed by atoms with van der Waals surface area (Å²) in [5.74, 6) is 0. The lowest BCUT2D eigenvalue weighted by atomic mass is 9.73. The summed E-state index contributed by atoms with van der Waals surface area (Å²) < 4.78 is 10.5. The van der Waals surface area contributed by atoms with Gasteiger partial charge >= 0.3 is 0 Å². The molecule has 0 spiro atoms. The first-order valence-electron chi connectivity index (χ1n) is 7.60. The molecule has 1 aliphatic carbocycles. The van der Waals surface area contributed by atoms with E-state index in [1.807, 2.05) is 0 Å². The predicted octanol–water partition coefficient (Wildman–Crippen LogP) is 3.12. The topological polar surface area (TPSA) is 44.5 Å². The van der Waals surface area contributed by atoms with E-state index in [0.29, 0.717) is 18.6 Å². The second-order valence-electron chi connectivity index (χ2n) is 5.68. The van der Waals surface area contributed by atoms with Crippen molar-refractivity contribution in [3.63, 3.8) is 0 Å². The summed E-state index contributed by atoms with van der Waals surface area (Å²) >= 11 is 0. The minimum absolute atomic E-state index is 0.408. The second kappa shape index (κ2) is 9.76. The molecule has 0 amide bonds. The van der Waals surface area contributed by atoms with Gasteiger partial charge in [0.1, 0.15) is 0 Å². The van der Waals surface area contributed by atoms with Crippen molar-refractivity contribution in [3.05, 3.63) is 0 Å². The predicted molar refractivity (Wildman–Crippen MR) is 75.7 cm³/mol. The lowest BCUT2D eigenvalue weighted by Crippen LogP contribution is -2.31. The van der Waals surface area contributed by atoms with E-state index in [1.165, 1.54) is 51.4 Å². The van der Waals surface area contributed by atoms with Crippen molar-refractivity contribution in [3.8, 4) is 0 Å². The fourth-order valence-electron chi connectivity index (χ4n) is 3.01. The first-order chi connectivity index (χ1) is 8.83. The van der Waals surface area contributed by atoms with Crippen LogP contribution in [0.3, 0.4) is 0 Å². The molecular weight excluding hydrogens is 226 g/mol. The lowest BCUT2D eigenvalue weighted by Gasteiger charge is -2.34. The lowest BCUT2D eigenvalue weighted by molar-refractivity contribution is 0.0615. The van der Waals surface area contributed by atoms with Crippen molar-refractivity contribution >= 4 is 0 Å². The van der Waals surface area contributed by atoms with Crippen molar-refractivity contribution in [2.75, 3.05) is 33.5 Å². The Morgan fingerprint density at radius 1 is 0.944 bits per heavy atom. The van der Waals surface area contributed by atoms with E-state index in [1.54, 1.807) is 7.11 Å². The molecule has 0 heterocycles. The van der Waals surface area contributed by atoms with Gasteiger partial charge in [-0.2, -0.15) is 0 Å². The van der Waals surface area contributed by atoms with Crippen LogP contribution in [0.2, 0.25) is 0 Å². The van der Waals surface area contributed by atoms with Crippen LogP contribution < -0.4 is 5.73 Å². The normalized spacial score (nSPS) is 20.3. The van der Waals surface area contributed by atoms with Crippen LogP contribution in [0.1, 0.15) is 57.8 Å². The van der Waals surface area contributed by atoms with E-state index in [4.69, 9.17) is 15.2 Å². The van der Waals surface area contributed by atoms with Crippen LogP contribution in [-0.2, 0) is 9.47 Å². The third-order valence-corrected chi connectivity index (χ3v) is 4.27. The maximum atomic E-state index is 6.06. The quantitative estimate of drug-likeness (QED) is 0.679. The summed E-state index contributed by atoms with van der Waals surface area (Å²) in [6, 6.07) is 0. The Morgan fingerprint density at radius 3 is 2.22 bits per heavy atom. The molecule has 108 valence electrons. The summed E-state index contributed by atoms with van der Waals surface area (Å²) in [6.45, 7) is 3.12. The molecule has 1 aliphatic rings. The Balaban J connectivity index is 2.20. The molecular formula is C15H31NO2. The summed E-state index contributed by atoms with van der Waals surface area (Å²) in [5, 5.41) is 0. The molecule has 1 rings (SSSR count). The van der Waals surface area contributed by atoms with Gasteiger partial charge in [0, 0.05) is 13.7 Å². The molecule has 18 heavy (non-hydrogen) atoms. The Bertz CT molecular complexity index is 189. The zero-order chi connectivity index (χ0) is 13.1. The first kappa shape index (κ1) is 15.9. The molecule has 0 aromatic carbocycles. The van der Waals surface area contributed by atoms with Crippen LogP contribution in [0.15, 0.2) is 0 Å². The maximum Gasteiger partial charge on any atom is 0.0700 e. The second-order valence-corrected chi connectivity index (χ2v) is 5.68. The molecule has 0 aromatic rings. The van der Waals surface area contributed by atoms with Crippen molar-refractivity contribution in [1.82, 2.24) is 0 Å². The Labute approximate surface area is 112 Å². The zero-order valence-corrected chi connectivity index (χ0v) is 12.1. The van der Waals surface area contributed by atoms with Gasteiger partial charge in [-0.25, -0.2) is 0 Å².